The lowest BCUT2D eigenvalue weighted by atomic mass is 10.2. The predicted octanol–water partition coefficient (Wildman–Crippen LogP) is 1.85. The summed E-state index contributed by atoms with van der Waals surface area (Å²) in [4.78, 5) is 21.6. The number of hydrogen-bond donors (Lipinski definition) is 1. The van der Waals surface area contributed by atoms with Crippen molar-refractivity contribution >= 4 is 12.1 Å². The highest BCUT2D eigenvalue weighted by Crippen LogP contribution is 2.06. The lowest BCUT2D eigenvalue weighted by Gasteiger charge is -2.19. The van der Waals surface area contributed by atoms with E-state index < -0.39 is 11.7 Å². The molecule has 94 valence electrons. The van der Waals surface area contributed by atoms with Crippen molar-refractivity contribution in [3.63, 3.8) is 0 Å². The van der Waals surface area contributed by atoms with Crippen LogP contribution in [0, 0.1) is 0 Å². The summed E-state index contributed by atoms with van der Waals surface area (Å²) in [6.45, 7) is 7.73. The van der Waals surface area contributed by atoms with Crippen LogP contribution < -0.4 is 5.32 Å². The molecule has 0 unspecified atom stereocenters. The zero-order chi connectivity index (χ0) is 12.6. The van der Waals surface area contributed by atoms with Crippen LogP contribution in [-0.4, -0.2) is 30.8 Å². The van der Waals surface area contributed by atoms with Crippen LogP contribution in [0.25, 0.3) is 0 Å². The molecular weight excluding hydrogens is 210 g/mol. The summed E-state index contributed by atoms with van der Waals surface area (Å²) in [7, 11) is 0. The molecule has 0 rings (SSSR count). The lowest BCUT2D eigenvalue weighted by molar-refractivity contribution is -0.141. The van der Waals surface area contributed by atoms with Crippen LogP contribution in [0.3, 0.4) is 0 Å². The Hall–Kier alpha value is -1.26. The highest BCUT2D eigenvalue weighted by molar-refractivity contribution is 5.67. The maximum Gasteiger partial charge on any atom is 0.407 e. The molecule has 0 heterocycles. The topological polar surface area (TPSA) is 64.6 Å². The Morgan fingerprint density at radius 1 is 1.19 bits per heavy atom. The molecule has 5 heteroatoms. The smallest absolute Gasteiger partial charge is 0.407 e. The van der Waals surface area contributed by atoms with Gasteiger partial charge in [0.25, 0.3) is 0 Å². The fourth-order valence-electron chi connectivity index (χ4n) is 0.948. The minimum atomic E-state index is -0.470. The van der Waals surface area contributed by atoms with Crippen molar-refractivity contribution in [1.82, 2.24) is 5.32 Å². The lowest BCUT2D eigenvalue weighted by Crippen LogP contribution is -2.33. The molecule has 0 aromatic rings. The summed E-state index contributed by atoms with van der Waals surface area (Å²) in [5.41, 5.74) is -0.470. The molecule has 0 aromatic heterocycles. The van der Waals surface area contributed by atoms with Gasteiger partial charge in [0.05, 0.1) is 6.61 Å². The Morgan fingerprint density at radius 2 is 1.81 bits per heavy atom. The SMILES string of the molecule is CC(=O)OCCCCNC(=O)OC(C)(C)C. The summed E-state index contributed by atoms with van der Waals surface area (Å²) < 4.78 is 9.79. The van der Waals surface area contributed by atoms with Crippen LogP contribution in [0.15, 0.2) is 0 Å². The first-order chi connectivity index (χ1) is 7.31. The summed E-state index contributed by atoms with van der Waals surface area (Å²) in [5, 5.41) is 2.63. The van der Waals surface area contributed by atoms with Gasteiger partial charge >= 0.3 is 12.1 Å². The molecule has 16 heavy (non-hydrogen) atoms. The first kappa shape index (κ1) is 14.7. The van der Waals surface area contributed by atoms with Gasteiger partial charge in [-0.25, -0.2) is 4.79 Å². The van der Waals surface area contributed by atoms with E-state index in [-0.39, 0.29) is 5.97 Å². The Labute approximate surface area is 96.5 Å². The average Bonchev–Trinajstić information content (AvgIpc) is 2.07. The molecule has 1 N–H and O–H groups in total. The van der Waals surface area contributed by atoms with Crippen molar-refractivity contribution < 1.29 is 19.1 Å². The van der Waals surface area contributed by atoms with Gasteiger partial charge in [-0.15, -0.1) is 0 Å². The van der Waals surface area contributed by atoms with Crippen molar-refractivity contribution in [1.29, 1.82) is 0 Å². The molecule has 0 saturated carbocycles. The van der Waals surface area contributed by atoms with Gasteiger partial charge in [-0.05, 0) is 33.6 Å². The number of hydrogen-bond acceptors (Lipinski definition) is 4. The first-order valence-corrected chi connectivity index (χ1v) is 5.41. The Balaban J connectivity index is 3.38. The van der Waals surface area contributed by atoms with Crippen molar-refractivity contribution in [3.8, 4) is 0 Å². The van der Waals surface area contributed by atoms with E-state index in [2.05, 4.69) is 5.32 Å². The van der Waals surface area contributed by atoms with Gasteiger partial charge < -0.3 is 14.8 Å². The van der Waals surface area contributed by atoms with Crippen LogP contribution in [-0.2, 0) is 14.3 Å². The minimum absolute atomic E-state index is 0.278. The molecule has 0 aliphatic carbocycles. The van der Waals surface area contributed by atoms with Crippen molar-refractivity contribution in [2.75, 3.05) is 13.2 Å². The second-order valence-electron chi connectivity index (χ2n) is 4.48. The second kappa shape index (κ2) is 7.09. The molecule has 1 amide bonds. The van der Waals surface area contributed by atoms with E-state index in [1.807, 2.05) is 20.8 Å². The molecule has 0 spiro atoms. The quantitative estimate of drug-likeness (QED) is 0.579. The summed E-state index contributed by atoms with van der Waals surface area (Å²) in [6.07, 6.45) is 1.07. The molecular formula is C11H21NO4. The summed E-state index contributed by atoms with van der Waals surface area (Å²) >= 11 is 0. The number of nitrogens with one attached hydrogen (secondary N) is 1. The third-order valence-electron chi connectivity index (χ3n) is 1.54. The van der Waals surface area contributed by atoms with E-state index in [0.717, 1.165) is 12.8 Å². The number of esters is 1. The summed E-state index contributed by atoms with van der Waals surface area (Å²) in [6, 6.07) is 0. The Morgan fingerprint density at radius 3 is 2.31 bits per heavy atom. The van der Waals surface area contributed by atoms with Crippen molar-refractivity contribution in [2.45, 2.75) is 46.1 Å². The van der Waals surface area contributed by atoms with E-state index in [0.29, 0.717) is 13.2 Å². The molecule has 0 aliphatic rings. The Bertz CT molecular complexity index is 233. The maximum atomic E-state index is 11.2. The van der Waals surface area contributed by atoms with Gasteiger partial charge in [0.1, 0.15) is 5.60 Å². The van der Waals surface area contributed by atoms with Crippen molar-refractivity contribution in [2.24, 2.45) is 0 Å². The first-order valence-electron chi connectivity index (χ1n) is 5.41. The fourth-order valence-corrected chi connectivity index (χ4v) is 0.948. The molecule has 5 nitrogen and oxygen atoms in total. The van der Waals surface area contributed by atoms with E-state index in [9.17, 15) is 9.59 Å². The number of amides is 1. The largest absolute Gasteiger partial charge is 0.466 e. The number of carbonyl (C=O) groups is 2. The number of rotatable bonds is 5. The minimum Gasteiger partial charge on any atom is -0.466 e. The van der Waals surface area contributed by atoms with E-state index in [1.165, 1.54) is 6.92 Å². The standard InChI is InChI=1S/C11H21NO4/c1-9(13)15-8-6-5-7-12-10(14)16-11(2,3)4/h5-8H2,1-4H3,(H,12,14). The van der Waals surface area contributed by atoms with Crippen LogP contribution in [0.1, 0.15) is 40.5 Å². The monoisotopic (exact) mass is 231 g/mol. The van der Waals surface area contributed by atoms with Crippen LogP contribution in [0.5, 0.6) is 0 Å². The fraction of sp³-hybridized carbons (Fsp3) is 0.818. The number of carbonyl (C=O) groups excluding carboxylic acids is 2. The average molecular weight is 231 g/mol. The molecule has 0 saturated heterocycles. The van der Waals surface area contributed by atoms with Gasteiger partial charge in [0.15, 0.2) is 0 Å². The molecule has 0 bridgehead atoms. The van der Waals surface area contributed by atoms with Gasteiger partial charge in [-0.3, -0.25) is 4.79 Å². The predicted molar refractivity (Wildman–Crippen MR) is 60.1 cm³/mol. The molecule has 0 aliphatic heterocycles. The van der Waals surface area contributed by atoms with Gasteiger partial charge in [-0.2, -0.15) is 0 Å². The summed E-state index contributed by atoms with van der Waals surface area (Å²) in [5.74, 6) is -0.278. The molecule has 0 aromatic carbocycles. The van der Waals surface area contributed by atoms with E-state index in [1.54, 1.807) is 0 Å². The molecule has 0 radical (unpaired) electrons. The molecule has 0 atom stereocenters. The molecule has 0 fully saturated rings. The van der Waals surface area contributed by atoms with E-state index in [4.69, 9.17) is 9.47 Å². The van der Waals surface area contributed by atoms with Gasteiger partial charge in [0, 0.05) is 13.5 Å². The van der Waals surface area contributed by atoms with Gasteiger partial charge in [-0.1, -0.05) is 0 Å². The zero-order valence-corrected chi connectivity index (χ0v) is 10.5. The van der Waals surface area contributed by atoms with Crippen LogP contribution in [0.4, 0.5) is 4.79 Å². The number of unbranched alkanes of at least 4 members (excludes halogenated alkanes) is 1. The Kier molecular flexibility index (Phi) is 6.53. The van der Waals surface area contributed by atoms with Crippen molar-refractivity contribution in [3.05, 3.63) is 0 Å². The second-order valence-corrected chi connectivity index (χ2v) is 4.48. The zero-order valence-electron chi connectivity index (χ0n) is 10.5. The normalized spacial score (nSPS) is 10.8. The third kappa shape index (κ3) is 10.8. The van der Waals surface area contributed by atoms with E-state index >= 15 is 0 Å². The van der Waals surface area contributed by atoms with Crippen LogP contribution >= 0.6 is 0 Å². The van der Waals surface area contributed by atoms with Crippen LogP contribution in [0.2, 0.25) is 0 Å². The number of ether oxygens (including phenoxy) is 2. The maximum absolute atomic E-state index is 11.2. The highest BCUT2D eigenvalue weighted by Gasteiger charge is 2.15. The third-order valence-corrected chi connectivity index (χ3v) is 1.54. The number of alkyl carbamates (subject to hydrolysis) is 1. The highest BCUT2D eigenvalue weighted by atomic mass is 16.6. The van der Waals surface area contributed by atoms with Gasteiger partial charge in [0.2, 0.25) is 0 Å².